The normalized spacial score (nSPS) is 10.3. The van der Waals surface area contributed by atoms with Gasteiger partial charge in [0.1, 0.15) is 0 Å². The first-order chi connectivity index (χ1) is 9.08. The van der Waals surface area contributed by atoms with Crippen molar-refractivity contribution < 1.29 is 9.90 Å². The topological polar surface area (TPSA) is 43.8 Å². The first kappa shape index (κ1) is 15.2. The van der Waals surface area contributed by atoms with Crippen LogP contribution in [0.25, 0.3) is 0 Å². The Hall–Kier alpha value is -1.83. The van der Waals surface area contributed by atoms with Crippen molar-refractivity contribution in [2.75, 3.05) is 40.3 Å². The molecule has 102 valence electrons. The van der Waals surface area contributed by atoms with E-state index in [-0.39, 0.29) is 6.54 Å². The van der Waals surface area contributed by atoms with Crippen molar-refractivity contribution in [1.29, 1.82) is 0 Å². The summed E-state index contributed by atoms with van der Waals surface area (Å²) in [4.78, 5) is 14.6. The van der Waals surface area contributed by atoms with Gasteiger partial charge in [0, 0.05) is 18.7 Å². The molecule has 0 atom stereocenters. The zero-order valence-electron chi connectivity index (χ0n) is 11.5. The van der Waals surface area contributed by atoms with Gasteiger partial charge >= 0.3 is 5.97 Å². The molecular formula is C15H20N2O2. The summed E-state index contributed by atoms with van der Waals surface area (Å²) in [6.45, 7) is 2.01. The van der Waals surface area contributed by atoms with E-state index in [1.54, 1.807) is 0 Å². The quantitative estimate of drug-likeness (QED) is 0.775. The number of hydrogen-bond donors (Lipinski definition) is 1. The summed E-state index contributed by atoms with van der Waals surface area (Å²) >= 11 is 0. The third kappa shape index (κ3) is 7.24. The molecule has 0 aliphatic heterocycles. The highest BCUT2D eigenvalue weighted by Crippen LogP contribution is 1.95. The number of rotatable bonds is 6. The molecule has 0 spiro atoms. The van der Waals surface area contributed by atoms with E-state index < -0.39 is 5.97 Å². The SMILES string of the molecule is CN(C)CCN(CC#Cc1ccccc1)CC(=O)O. The van der Waals surface area contributed by atoms with E-state index in [4.69, 9.17) is 5.11 Å². The van der Waals surface area contributed by atoms with Crippen LogP contribution in [-0.4, -0.2) is 61.2 Å². The summed E-state index contributed by atoms with van der Waals surface area (Å²) in [6, 6.07) is 9.69. The second kappa shape index (κ2) is 8.30. The minimum atomic E-state index is -0.819. The average Bonchev–Trinajstić information content (AvgIpc) is 2.36. The average molecular weight is 260 g/mol. The summed E-state index contributed by atoms with van der Waals surface area (Å²) in [5, 5.41) is 8.86. The molecule has 1 N–H and O–H groups in total. The molecule has 1 aromatic carbocycles. The van der Waals surface area contributed by atoms with Crippen LogP contribution in [0.4, 0.5) is 0 Å². The Morgan fingerprint density at radius 1 is 1.21 bits per heavy atom. The number of carbonyl (C=O) groups is 1. The van der Waals surface area contributed by atoms with Crippen molar-refractivity contribution in [1.82, 2.24) is 9.80 Å². The van der Waals surface area contributed by atoms with Gasteiger partial charge in [-0.15, -0.1) is 0 Å². The molecule has 0 aliphatic rings. The Kier molecular flexibility index (Phi) is 6.65. The van der Waals surface area contributed by atoms with Crippen LogP contribution in [-0.2, 0) is 4.79 Å². The summed E-state index contributed by atoms with van der Waals surface area (Å²) in [7, 11) is 3.93. The predicted octanol–water partition coefficient (Wildman–Crippen LogP) is 0.986. The molecular weight excluding hydrogens is 240 g/mol. The van der Waals surface area contributed by atoms with E-state index in [1.165, 1.54) is 0 Å². The van der Waals surface area contributed by atoms with E-state index in [0.29, 0.717) is 13.1 Å². The summed E-state index contributed by atoms with van der Waals surface area (Å²) in [5.41, 5.74) is 0.949. The van der Waals surface area contributed by atoms with E-state index in [0.717, 1.165) is 12.1 Å². The third-order valence-electron chi connectivity index (χ3n) is 2.53. The van der Waals surface area contributed by atoms with Gasteiger partial charge in [-0.3, -0.25) is 9.69 Å². The van der Waals surface area contributed by atoms with Crippen molar-refractivity contribution in [3.8, 4) is 11.8 Å². The van der Waals surface area contributed by atoms with Crippen molar-refractivity contribution in [3.63, 3.8) is 0 Å². The minimum Gasteiger partial charge on any atom is -0.480 e. The lowest BCUT2D eigenvalue weighted by Crippen LogP contribution is -2.35. The molecule has 0 bridgehead atoms. The fourth-order valence-corrected chi connectivity index (χ4v) is 1.52. The van der Waals surface area contributed by atoms with Crippen LogP contribution in [0.5, 0.6) is 0 Å². The smallest absolute Gasteiger partial charge is 0.317 e. The number of nitrogens with zero attached hydrogens (tertiary/aromatic N) is 2. The second-order valence-corrected chi connectivity index (χ2v) is 4.58. The Bertz CT molecular complexity index is 446. The van der Waals surface area contributed by atoms with E-state index >= 15 is 0 Å². The van der Waals surface area contributed by atoms with Gasteiger partial charge in [-0.1, -0.05) is 30.0 Å². The van der Waals surface area contributed by atoms with Crippen LogP contribution in [0.1, 0.15) is 5.56 Å². The highest BCUT2D eigenvalue weighted by Gasteiger charge is 2.08. The van der Waals surface area contributed by atoms with Gasteiger partial charge in [0.2, 0.25) is 0 Å². The molecule has 0 saturated carbocycles. The lowest BCUT2D eigenvalue weighted by atomic mass is 10.2. The van der Waals surface area contributed by atoms with Gasteiger partial charge in [0.15, 0.2) is 0 Å². The van der Waals surface area contributed by atoms with E-state index in [9.17, 15) is 4.79 Å². The molecule has 1 rings (SSSR count). The number of hydrogen-bond acceptors (Lipinski definition) is 3. The van der Waals surface area contributed by atoms with Crippen molar-refractivity contribution in [2.45, 2.75) is 0 Å². The number of benzene rings is 1. The maximum atomic E-state index is 10.8. The fourth-order valence-electron chi connectivity index (χ4n) is 1.52. The van der Waals surface area contributed by atoms with Gasteiger partial charge in [0.05, 0.1) is 13.1 Å². The summed E-state index contributed by atoms with van der Waals surface area (Å²) in [6.07, 6.45) is 0. The Balaban J connectivity index is 2.52. The van der Waals surface area contributed by atoms with Crippen LogP contribution in [0.3, 0.4) is 0 Å². The van der Waals surface area contributed by atoms with Crippen LogP contribution in [0.15, 0.2) is 30.3 Å². The Morgan fingerprint density at radius 2 is 1.89 bits per heavy atom. The number of likely N-dealkylation sites (N-methyl/N-ethyl adjacent to an activating group) is 1. The lowest BCUT2D eigenvalue weighted by molar-refractivity contribution is -0.138. The molecule has 0 heterocycles. The lowest BCUT2D eigenvalue weighted by Gasteiger charge is -2.19. The zero-order valence-corrected chi connectivity index (χ0v) is 11.5. The van der Waals surface area contributed by atoms with E-state index in [1.807, 2.05) is 54.2 Å². The van der Waals surface area contributed by atoms with Gasteiger partial charge in [-0.25, -0.2) is 0 Å². The van der Waals surface area contributed by atoms with Gasteiger partial charge < -0.3 is 10.0 Å². The molecule has 1 aromatic rings. The molecule has 0 aromatic heterocycles. The fraction of sp³-hybridized carbons (Fsp3) is 0.400. The highest BCUT2D eigenvalue weighted by atomic mass is 16.4. The molecule has 0 amide bonds. The predicted molar refractivity (Wildman–Crippen MR) is 75.9 cm³/mol. The molecule has 0 saturated heterocycles. The first-order valence-corrected chi connectivity index (χ1v) is 6.20. The van der Waals surface area contributed by atoms with Crippen LogP contribution in [0.2, 0.25) is 0 Å². The maximum Gasteiger partial charge on any atom is 0.317 e. The van der Waals surface area contributed by atoms with Crippen molar-refractivity contribution >= 4 is 5.97 Å². The highest BCUT2D eigenvalue weighted by molar-refractivity contribution is 5.69. The molecule has 0 aliphatic carbocycles. The zero-order chi connectivity index (χ0) is 14.1. The van der Waals surface area contributed by atoms with Gasteiger partial charge in [-0.05, 0) is 26.2 Å². The number of aliphatic carboxylic acids is 1. The van der Waals surface area contributed by atoms with E-state index in [2.05, 4.69) is 11.8 Å². The summed E-state index contributed by atoms with van der Waals surface area (Å²) < 4.78 is 0. The van der Waals surface area contributed by atoms with Crippen LogP contribution < -0.4 is 0 Å². The first-order valence-electron chi connectivity index (χ1n) is 6.20. The molecule has 0 fully saturated rings. The Labute approximate surface area is 114 Å². The number of carboxylic acids is 1. The number of carboxylic acid groups (broad SMARTS) is 1. The summed E-state index contributed by atoms with van der Waals surface area (Å²) in [5.74, 6) is 5.24. The molecule has 4 nitrogen and oxygen atoms in total. The maximum absolute atomic E-state index is 10.8. The van der Waals surface area contributed by atoms with Crippen LogP contribution >= 0.6 is 0 Å². The standard InChI is InChI=1S/C15H20N2O2/c1-16(2)11-12-17(13-15(18)19)10-6-9-14-7-4-3-5-8-14/h3-5,7-8H,10-13H2,1-2H3,(H,18,19). The minimum absolute atomic E-state index is 0.0251. The second-order valence-electron chi connectivity index (χ2n) is 4.58. The Morgan fingerprint density at radius 3 is 2.47 bits per heavy atom. The van der Waals surface area contributed by atoms with Crippen molar-refractivity contribution in [3.05, 3.63) is 35.9 Å². The van der Waals surface area contributed by atoms with Gasteiger partial charge in [-0.2, -0.15) is 0 Å². The third-order valence-corrected chi connectivity index (χ3v) is 2.53. The van der Waals surface area contributed by atoms with Gasteiger partial charge in [0.25, 0.3) is 0 Å². The molecule has 0 radical (unpaired) electrons. The largest absolute Gasteiger partial charge is 0.480 e. The molecule has 4 heteroatoms. The monoisotopic (exact) mass is 260 g/mol. The molecule has 0 unspecified atom stereocenters. The van der Waals surface area contributed by atoms with Crippen LogP contribution in [0, 0.1) is 11.8 Å². The molecule has 19 heavy (non-hydrogen) atoms. The van der Waals surface area contributed by atoms with Crippen molar-refractivity contribution in [2.24, 2.45) is 0 Å².